The Morgan fingerprint density at radius 2 is 2.00 bits per heavy atom. The minimum atomic E-state index is 0.611. The molecule has 1 aromatic rings. The van der Waals surface area contributed by atoms with E-state index in [1.54, 1.807) is 0 Å². The first-order valence-corrected chi connectivity index (χ1v) is 7.45. The van der Waals surface area contributed by atoms with Crippen LogP contribution < -0.4 is 10.1 Å². The summed E-state index contributed by atoms with van der Waals surface area (Å²) in [6.45, 7) is 10.7. The van der Waals surface area contributed by atoms with E-state index in [-0.39, 0.29) is 0 Å². The lowest BCUT2D eigenvalue weighted by molar-refractivity contribution is 0.229. The minimum Gasteiger partial charge on any atom is -0.494 e. The van der Waals surface area contributed by atoms with Crippen LogP contribution in [0.5, 0.6) is 5.75 Å². The van der Waals surface area contributed by atoms with Gasteiger partial charge in [-0.15, -0.1) is 0 Å². The fourth-order valence-corrected chi connectivity index (χ4v) is 2.67. The number of nitrogens with one attached hydrogen (secondary N) is 1. The number of anilines is 1. The summed E-state index contributed by atoms with van der Waals surface area (Å²) in [5.41, 5.74) is 2.52. The van der Waals surface area contributed by atoms with E-state index in [1.807, 2.05) is 6.92 Å². The number of hydrogen-bond acceptors (Lipinski definition) is 3. The van der Waals surface area contributed by atoms with E-state index in [0.717, 1.165) is 12.4 Å². The summed E-state index contributed by atoms with van der Waals surface area (Å²) in [5.74, 6) is 0.964. The Bertz CT molecular complexity index is 398. The highest BCUT2D eigenvalue weighted by molar-refractivity contribution is 5.54. The summed E-state index contributed by atoms with van der Waals surface area (Å²) < 4.78 is 5.53. The average molecular weight is 262 g/mol. The number of ether oxygens (including phenoxy) is 1. The second-order valence-electron chi connectivity index (χ2n) is 5.26. The fourth-order valence-electron chi connectivity index (χ4n) is 2.67. The van der Waals surface area contributed by atoms with Crippen molar-refractivity contribution in [2.24, 2.45) is 0 Å². The van der Waals surface area contributed by atoms with Gasteiger partial charge in [-0.25, -0.2) is 0 Å². The predicted molar refractivity (Wildman–Crippen MR) is 81.1 cm³/mol. The van der Waals surface area contributed by atoms with Crippen LogP contribution in [0.25, 0.3) is 0 Å². The van der Waals surface area contributed by atoms with E-state index in [4.69, 9.17) is 4.74 Å². The zero-order valence-electron chi connectivity index (χ0n) is 12.4. The van der Waals surface area contributed by atoms with Crippen LogP contribution in [0.4, 0.5) is 5.69 Å². The van der Waals surface area contributed by atoms with Crippen LogP contribution in [-0.2, 0) is 0 Å². The molecule has 1 aliphatic rings. The van der Waals surface area contributed by atoms with Gasteiger partial charge in [-0.1, -0.05) is 6.92 Å². The quantitative estimate of drug-likeness (QED) is 0.881. The first kappa shape index (κ1) is 14.2. The average Bonchev–Trinajstić information content (AvgIpc) is 2.43. The molecule has 1 heterocycles. The Morgan fingerprint density at radius 1 is 1.26 bits per heavy atom. The highest BCUT2D eigenvalue weighted by atomic mass is 16.5. The molecule has 1 aromatic carbocycles. The van der Waals surface area contributed by atoms with Crippen molar-refractivity contribution < 1.29 is 4.74 Å². The number of likely N-dealkylation sites (tertiary alicyclic amines) is 1. The molecule has 0 amide bonds. The van der Waals surface area contributed by atoms with Crippen molar-refractivity contribution in [2.75, 3.05) is 31.6 Å². The third-order valence-corrected chi connectivity index (χ3v) is 3.90. The number of nitrogens with zero attached hydrogens (tertiary/aromatic N) is 1. The molecule has 106 valence electrons. The van der Waals surface area contributed by atoms with Gasteiger partial charge in [-0.2, -0.15) is 0 Å². The molecule has 1 fully saturated rings. The van der Waals surface area contributed by atoms with Crippen molar-refractivity contribution in [1.82, 2.24) is 4.90 Å². The minimum absolute atomic E-state index is 0.611. The SMILES string of the molecule is CCOc1ccc(NC2CCN(CC)CC2)c(C)c1. The molecule has 0 unspecified atom stereocenters. The molecule has 1 aliphatic heterocycles. The van der Waals surface area contributed by atoms with Gasteiger partial charge in [0.05, 0.1) is 6.61 Å². The van der Waals surface area contributed by atoms with Crippen LogP contribution >= 0.6 is 0 Å². The molecule has 0 bridgehead atoms. The van der Waals surface area contributed by atoms with Gasteiger partial charge in [0.15, 0.2) is 0 Å². The molecule has 2 rings (SSSR count). The largest absolute Gasteiger partial charge is 0.494 e. The lowest BCUT2D eigenvalue weighted by Crippen LogP contribution is -2.38. The predicted octanol–water partition coefficient (Wildman–Crippen LogP) is 3.29. The monoisotopic (exact) mass is 262 g/mol. The maximum atomic E-state index is 5.53. The topological polar surface area (TPSA) is 24.5 Å². The van der Waals surface area contributed by atoms with Crippen molar-refractivity contribution >= 4 is 5.69 Å². The lowest BCUT2D eigenvalue weighted by Gasteiger charge is -2.32. The van der Waals surface area contributed by atoms with Crippen molar-refractivity contribution in [3.8, 4) is 5.75 Å². The van der Waals surface area contributed by atoms with E-state index in [2.05, 4.69) is 42.3 Å². The van der Waals surface area contributed by atoms with Gasteiger partial charge in [0.25, 0.3) is 0 Å². The van der Waals surface area contributed by atoms with E-state index < -0.39 is 0 Å². The van der Waals surface area contributed by atoms with Crippen LogP contribution in [0, 0.1) is 6.92 Å². The van der Waals surface area contributed by atoms with Gasteiger partial charge in [-0.05, 0) is 57.0 Å². The standard InChI is InChI=1S/C16H26N2O/c1-4-18-10-8-14(9-11-18)17-16-7-6-15(19-5-2)12-13(16)3/h6-7,12,14,17H,4-5,8-11H2,1-3H3. The summed E-state index contributed by atoms with van der Waals surface area (Å²) in [5, 5.41) is 3.68. The molecule has 0 spiro atoms. The molecular weight excluding hydrogens is 236 g/mol. The van der Waals surface area contributed by atoms with Gasteiger partial charge >= 0.3 is 0 Å². The van der Waals surface area contributed by atoms with E-state index in [9.17, 15) is 0 Å². The Labute approximate surface area is 116 Å². The molecule has 0 radical (unpaired) electrons. The normalized spacial score (nSPS) is 17.4. The van der Waals surface area contributed by atoms with E-state index >= 15 is 0 Å². The highest BCUT2D eigenvalue weighted by Gasteiger charge is 2.18. The maximum Gasteiger partial charge on any atom is 0.119 e. The second-order valence-corrected chi connectivity index (χ2v) is 5.26. The summed E-state index contributed by atoms with van der Waals surface area (Å²) in [4.78, 5) is 2.52. The van der Waals surface area contributed by atoms with Crippen LogP contribution in [0.2, 0.25) is 0 Å². The zero-order chi connectivity index (χ0) is 13.7. The molecule has 3 heteroatoms. The van der Waals surface area contributed by atoms with Crippen LogP contribution in [0.15, 0.2) is 18.2 Å². The van der Waals surface area contributed by atoms with Crippen molar-refractivity contribution in [2.45, 2.75) is 39.7 Å². The Balaban J connectivity index is 1.92. The molecule has 3 nitrogen and oxygen atoms in total. The summed E-state index contributed by atoms with van der Waals surface area (Å²) in [6, 6.07) is 6.93. The van der Waals surface area contributed by atoms with Crippen molar-refractivity contribution in [1.29, 1.82) is 0 Å². The van der Waals surface area contributed by atoms with Gasteiger partial charge in [-0.3, -0.25) is 0 Å². The second kappa shape index (κ2) is 6.80. The summed E-state index contributed by atoms with van der Waals surface area (Å²) >= 11 is 0. The first-order valence-electron chi connectivity index (χ1n) is 7.45. The van der Waals surface area contributed by atoms with Crippen molar-refractivity contribution in [3.05, 3.63) is 23.8 Å². The molecule has 19 heavy (non-hydrogen) atoms. The first-order chi connectivity index (χ1) is 9.22. The molecule has 0 saturated carbocycles. The van der Waals surface area contributed by atoms with Gasteiger partial charge in [0.2, 0.25) is 0 Å². The zero-order valence-corrected chi connectivity index (χ0v) is 12.4. The van der Waals surface area contributed by atoms with E-state index in [1.165, 1.54) is 43.7 Å². The number of hydrogen-bond donors (Lipinski definition) is 1. The van der Waals surface area contributed by atoms with Gasteiger partial charge in [0, 0.05) is 24.8 Å². The Morgan fingerprint density at radius 3 is 2.58 bits per heavy atom. The number of piperidine rings is 1. The molecular formula is C16H26N2O. The Kier molecular flexibility index (Phi) is 5.08. The van der Waals surface area contributed by atoms with Crippen molar-refractivity contribution in [3.63, 3.8) is 0 Å². The number of benzene rings is 1. The molecule has 0 aliphatic carbocycles. The van der Waals surface area contributed by atoms with E-state index in [0.29, 0.717) is 6.04 Å². The Hall–Kier alpha value is -1.22. The molecule has 1 N–H and O–H groups in total. The lowest BCUT2D eigenvalue weighted by atomic mass is 10.0. The number of rotatable bonds is 5. The van der Waals surface area contributed by atoms with Gasteiger partial charge in [0.1, 0.15) is 5.75 Å². The van der Waals surface area contributed by atoms with Crippen LogP contribution in [0.1, 0.15) is 32.3 Å². The summed E-state index contributed by atoms with van der Waals surface area (Å²) in [7, 11) is 0. The highest BCUT2D eigenvalue weighted by Crippen LogP contribution is 2.24. The molecule has 0 aromatic heterocycles. The number of aryl methyl sites for hydroxylation is 1. The van der Waals surface area contributed by atoms with Gasteiger partial charge < -0.3 is 15.0 Å². The maximum absolute atomic E-state index is 5.53. The van der Waals surface area contributed by atoms with Crippen LogP contribution in [-0.4, -0.2) is 37.2 Å². The van der Waals surface area contributed by atoms with Crippen LogP contribution in [0.3, 0.4) is 0 Å². The molecule has 0 atom stereocenters. The third kappa shape index (κ3) is 3.87. The fraction of sp³-hybridized carbons (Fsp3) is 0.625. The smallest absolute Gasteiger partial charge is 0.119 e. The molecule has 1 saturated heterocycles. The summed E-state index contributed by atoms with van der Waals surface area (Å²) in [6.07, 6.45) is 2.47. The third-order valence-electron chi connectivity index (χ3n) is 3.90.